The van der Waals surface area contributed by atoms with Gasteiger partial charge in [0, 0.05) is 12.3 Å². The van der Waals surface area contributed by atoms with Crippen molar-refractivity contribution in [2.24, 2.45) is 11.7 Å². The predicted molar refractivity (Wildman–Crippen MR) is 226 cm³/mol. The number of benzene rings is 3. The van der Waals surface area contributed by atoms with Gasteiger partial charge in [-0.25, -0.2) is 9.59 Å². The lowest BCUT2D eigenvalue weighted by molar-refractivity contribution is -0.142. The Labute approximate surface area is 354 Å². The Morgan fingerprint density at radius 2 is 1.25 bits per heavy atom. The van der Waals surface area contributed by atoms with Gasteiger partial charge in [-0.05, 0) is 72.9 Å². The molecule has 0 bridgehead atoms. The van der Waals surface area contributed by atoms with Gasteiger partial charge in [0.1, 0.15) is 30.8 Å². The maximum absolute atomic E-state index is 13.7. The molecule has 6 amide bonds. The molecule has 17 heteroatoms. The van der Waals surface area contributed by atoms with Gasteiger partial charge in [-0.3, -0.25) is 24.0 Å². The van der Waals surface area contributed by atoms with E-state index >= 15 is 0 Å². The molecule has 61 heavy (non-hydrogen) atoms. The van der Waals surface area contributed by atoms with Crippen molar-refractivity contribution < 1.29 is 48.5 Å². The minimum Gasteiger partial charge on any atom is -0.480 e. The van der Waals surface area contributed by atoms with Crippen LogP contribution in [0.5, 0.6) is 0 Å². The van der Waals surface area contributed by atoms with Crippen molar-refractivity contribution in [3.05, 3.63) is 95.6 Å². The van der Waals surface area contributed by atoms with Crippen LogP contribution in [0.15, 0.2) is 78.9 Å². The molecule has 0 spiro atoms. The molecular weight excluding hydrogens is 787 g/mol. The monoisotopic (exact) mass is 843 g/mol. The molecule has 0 fully saturated rings. The van der Waals surface area contributed by atoms with E-state index in [0.29, 0.717) is 24.9 Å². The van der Waals surface area contributed by atoms with Crippen LogP contribution >= 0.6 is 0 Å². The molecule has 0 saturated carbocycles. The van der Waals surface area contributed by atoms with Gasteiger partial charge in [0.05, 0.1) is 19.2 Å². The van der Waals surface area contributed by atoms with Gasteiger partial charge in [0.15, 0.2) is 0 Å². The number of unbranched alkanes of at least 4 members (excludes halogenated alkanes) is 1. The normalized spacial score (nSPS) is 14.2. The number of hydrogen-bond donors (Lipinski definition) is 9. The molecule has 5 atom stereocenters. The van der Waals surface area contributed by atoms with E-state index in [1.165, 1.54) is 6.92 Å². The third kappa shape index (κ3) is 14.4. The van der Waals surface area contributed by atoms with Gasteiger partial charge in [0.2, 0.25) is 29.5 Å². The molecule has 17 nitrogen and oxygen atoms in total. The van der Waals surface area contributed by atoms with E-state index in [9.17, 15) is 43.8 Å². The fourth-order valence-corrected chi connectivity index (χ4v) is 6.99. The first kappa shape index (κ1) is 47.3. The van der Waals surface area contributed by atoms with Crippen molar-refractivity contribution in [2.75, 3.05) is 26.2 Å². The van der Waals surface area contributed by atoms with Crippen molar-refractivity contribution >= 4 is 41.6 Å². The molecule has 0 unspecified atom stereocenters. The van der Waals surface area contributed by atoms with E-state index in [4.69, 9.17) is 10.5 Å². The SMILES string of the molecule is CC(C)C[C@H](NC(=O)[C@H](Cc1ccccc1)NC(=O)CNC(=O)CNC(=O)[C@@H](NC(=O)OCC1c2ccccc2-c2ccccc21)[C@@H](C)O)C(=O)N[C@@H](CCCCN)C(=O)O. The molecule has 4 rings (SSSR count). The minimum atomic E-state index is -1.48. The third-order valence-electron chi connectivity index (χ3n) is 10.1. The van der Waals surface area contributed by atoms with E-state index in [2.05, 4.69) is 31.9 Å². The lowest BCUT2D eigenvalue weighted by Gasteiger charge is -2.25. The van der Waals surface area contributed by atoms with Gasteiger partial charge in [-0.15, -0.1) is 0 Å². The fourth-order valence-electron chi connectivity index (χ4n) is 6.99. The second kappa shape index (κ2) is 23.5. The highest BCUT2D eigenvalue weighted by molar-refractivity contribution is 5.95. The fraction of sp³-hybridized carbons (Fsp3) is 0.432. The molecule has 1 aliphatic carbocycles. The van der Waals surface area contributed by atoms with Crippen molar-refractivity contribution in [3.63, 3.8) is 0 Å². The smallest absolute Gasteiger partial charge is 0.407 e. The molecule has 328 valence electrons. The number of ether oxygens (including phenoxy) is 1. The number of nitrogens with two attached hydrogens (primary N) is 1. The number of amides is 6. The zero-order chi connectivity index (χ0) is 44.5. The molecule has 10 N–H and O–H groups in total. The van der Waals surface area contributed by atoms with Crippen molar-refractivity contribution in [1.29, 1.82) is 0 Å². The Kier molecular flexibility index (Phi) is 18.2. The number of aliphatic hydroxyl groups is 1. The number of fused-ring (bicyclic) bond motifs is 3. The van der Waals surface area contributed by atoms with Crippen LogP contribution < -0.4 is 37.6 Å². The highest BCUT2D eigenvalue weighted by Crippen LogP contribution is 2.44. The summed E-state index contributed by atoms with van der Waals surface area (Å²) in [6.45, 7) is 4.09. The van der Waals surface area contributed by atoms with E-state index in [1.54, 1.807) is 30.3 Å². The maximum Gasteiger partial charge on any atom is 0.407 e. The number of carboxylic acid groups (broad SMARTS) is 1. The number of hydrogen-bond acceptors (Lipinski definition) is 10. The van der Waals surface area contributed by atoms with Crippen LogP contribution in [0.25, 0.3) is 11.1 Å². The van der Waals surface area contributed by atoms with Gasteiger partial charge >= 0.3 is 12.1 Å². The van der Waals surface area contributed by atoms with Gasteiger partial charge in [0.25, 0.3) is 0 Å². The summed E-state index contributed by atoms with van der Waals surface area (Å²) < 4.78 is 5.50. The molecule has 0 saturated heterocycles. The van der Waals surface area contributed by atoms with Gasteiger partial charge in [-0.2, -0.15) is 0 Å². The summed E-state index contributed by atoms with van der Waals surface area (Å²) in [7, 11) is 0. The van der Waals surface area contributed by atoms with Crippen LogP contribution in [0.3, 0.4) is 0 Å². The quantitative estimate of drug-likeness (QED) is 0.0617. The number of carbonyl (C=O) groups is 7. The summed E-state index contributed by atoms with van der Waals surface area (Å²) >= 11 is 0. The van der Waals surface area contributed by atoms with E-state index < -0.39 is 85.0 Å². The molecule has 0 aromatic heterocycles. The summed E-state index contributed by atoms with van der Waals surface area (Å²) in [5, 5.41) is 34.8. The summed E-state index contributed by atoms with van der Waals surface area (Å²) in [6.07, 6.45) is -0.905. The summed E-state index contributed by atoms with van der Waals surface area (Å²) in [5.74, 6) is -5.35. The lowest BCUT2D eigenvalue weighted by atomic mass is 9.98. The first-order chi connectivity index (χ1) is 29.2. The zero-order valence-electron chi connectivity index (χ0n) is 34.6. The second-order valence-electron chi connectivity index (χ2n) is 15.4. The average molecular weight is 844 g/mol. The predicted octanol–water partition coefficient (Wildman–Crippen LogP) is 1.46. The summed E-state index contributed by atoms with van der Waals surface area (Å²) in [4.78, 5) is 90.5. The first-order valence-corrected chi connectivity index (χ1v) is 20.4. The molecule has 0 radical (unpaired) electrons. The highest BCUT2D eigenvalue weighted by atomic mass is 16.5. The number of aliphatic carboxylic acids is 1. The number of nitrogens with one attached hydrogen (secondary N) is 6. The van der Waals surface area contributed by atoms with Crippen molar-refractivity contribution in [3.8, 4) is 11.1 Å². The molecular formula is C44H57N7O10. The first-order valence-electron chi connectivity index (χ1n) is 20.4. The van der Waals surface area contributed by atoms with Crippen LogP contribution in [0.4, 0.5) is 4.79 Å². The number of carboxylic acids is 1. The largest absolute Gasteiger partial charge is 0.480 e. The van der Waals surface area contributed by atoms with Crippen LogP contribution in [-0.2, 0) is 39.9 Å². The standard InChI is InChI=1S/C44H57N7O10/c1-26(2)21-35(40(55)49-34(43(58)59)19-11-12-20-45)50-41(56)36(22-28-13-5-4-6-14-28)48-38(54)24-46-37(53)23-47-42(57)39(27(3)52)51-44(60)61-25-33-31-17-9-7-15-29(31)30-16-8-10-18-32(30)33/h4-10,13-18,26-27,33-36,39,52H,11-12,19-25,45H2,1-3H3,(H,46,53)(H,47,57)(H,48,54)(H,49,55)(H,50,56)(H,51,60)(H,58,59)/t27-,34+,35+,36+,39+/m1/s1. The van der Waals surface area contributed by atoms with Crippen molar-refractivity contribution in [2.45, 2.75) is 89.1 Å². The number of alkyl carbamates (subject to hydrolysis) is 1. The number of rotatable bonds is 23. The Hall–Kier alpha value is -6.33. The van der Waals surface area contributed by atoms with Crippen molar-refractivity contribution in [1.82, 2.24) is 31.9 Å². The van der Waals surface area contributed by atoms with Gasteiger partial charge in [-0.1, -0.05) is 92.7 Å². The Balaban J connectivity index is 1.30. The summed E-state index contributed by atoms with van der Waals surface area (Å²) in [6, 6.07) is 19.4. The Bertz CT molecular complexity index is 1950. The van der Waals surface area contributed by atoms with E-state index in [1.807, 2.05) is 62.4 Å². The average Bonchev–Trinajstić information content (AvgIpc) is 3.55. The van der Waals surface area contributed by atoms with Crippen LogP contribution in [0, 0.1) is 5.92 Å². The highest BCUT2D eigenvalue weighted by Gasteiger charge is 2.32. The van der Waals surface area contributed by atoms with Gasteiger partial charge < -0.3 is 52.6 Å². The summed E-state index contributed by atoms with van der Waals surface area (Å²) in [5.41, 5.74) is 10.3. The molecule has 0 aliphatic heterocycles. The van der Waals surface area contributed by atoms with Crippen LogP contribution in [-0.4, -0.2) is 108 Å². The molecule has 3 aromatic rings. The minimum absolute atomic E-state index is 0.0205. The number of aliphatic hydroxyl groups excluding tert-OH is 1. The molecule has 0 heterocycles. The topological polar surface area (TPSA) is 267 Å². The Morgan fingerprint density at radius 1 is 0.672 bits per heavy atom. The lowest BCUT2D eigenvalue weighted by Crippen LogP contribution is -2.57. The third-order valence-corrected chi connectivity index (χ3v) is 10.1. The number of carbonyl (C=O) groups excluding carboxylic acids is 6. The van der Waals surface area contributed by atoms with E-state index in [0.717, 1.165) is 22.3 Å². The zero-order valence-corrected chi connectivity index (χ0v) is 34.6. The van der Waals surface area contributed by atoms with Crippen LogP contribution in [0.1, 0.15) is 69.1 Å². The second-order valence-corrected chi connectivity index (χ2v) is 15.4. The maximum atomic E-state index is 13.7. The van der Waals surface area contributed by atoms with E-state index in [-0.39, 0.29) is 37.7 Å². The molecule has 1 aliphatic rings. The molecule has 3 aromatic carbocycles. The Morgan fingerprint density at radius 3 is 1.84 bits per heavy atom. The van der Waals surface area contributed by atoms with Crippen LogP contribution in [0.2, 0.25) is 0 Å².